The molecule has 0 aromatic heterocycles. The van der Waals surface area contributed by atoms with Crippen LogP contribution in [0.4, 0.5) is 0 Å². The molecule has 3 atom stereocenters. The van der Waals surface area contributed by atoms with Gasteiger partial charge in [-0.15, -0.1) is 0 Å². The summed E-state index contributed by atoms with van der Waals surface area (Å²) in [5, 5.41) is 0.676. The van der Waals surface area contributed by atoms with Gasteiger partial charge in [0.15, 0.2) is 0 Å². The highest BCUT2D eigenvalue weighted by Gasteiger charge is 2.20. The van der Waals surface area contributed by atoms with Crippen LogP contribution in [0.15, 0.2) is 24.3 Å². The van der Waals surface area contributed by atoms with E-state index >= 15 is 0 Å². The molecule has 21 heavy (non-hydrogen) atoms. The van der Waals surface area contributed by atoms with Crippen LogP contribution in [-0.4, -0.2) is 24.9 Å². The molecule has 3 unspecified atom stereocenters. The summed E-state index contributed by atoms with van der Waals surface area (Å²) in [5.41, 5.74) is 2.86. The smallest absolute Gasteiger partial charge is 0.121 e. The van der Waals surface area contributed by atoms with Crippen LogP contribution in [0, 0.1) is 0 Å². The first kappa shape index (κ1) is 16.6. The van der Waals surface area contributed by atoms with Crippen molar-refractivity contribution in [2.45, 2.75) is 57.3 Å². The molecule has 1 fully saturated rings. The Labute approximate surface area is 131 Å². The SMILES string of the molecule is CC(Oc1cccc(Cl)c1)C(CCCC1CCCO1)NN. The molecular weight excluding hydrogens is 288 g/mol. The molecule has 1 heterocycles. The van der Waals surface area contributed by atoms with Gasteiger partial charge in [-0.25, -0.2) is 0 Å². The molecule has 0 amide bonds. The highest BCUT2D eigenvalue weighted by atomic mass is 35.5. The Morgan fingerprint density at radius 1 is 1.52 bits per heavy atom. The number of nitrogens with two attached hydrogens (primary N) is 1. The maximum Gasteiger partial charge on any atom is 0.121 e. The Morgan fingerprint density at radius 3 is 3.05 bits per heavy atom. The maximum atomic E-state index is 5.96. The van der Waals surface area contributed by atoms with Gasteiger partial charge in [0.1, 0.15) is 11.9 Å². The molecular formula is C16H25ClN2O2. The lowest BCUT2D eigenvalue weighted by atomic mass is 10.0. The van der Waals surface area contributed by atoms with Gasteiger partial charge in [-0.1, -0.05) is 17.7 Å². The molecule has 1 aromatic carbocycles. The first-order chi connectivity index (χ1) is 10.2. The molecule has 4 nitrogen and oxygen atoms in total. The van der Waals surface area contributed by atoms with E-state index in [2.05, 4.69) is 5.43 Å². The average molecular weight is 313 g/mol. The van der Waals surface area contributed by atoms with E-state index < -0.39 is 0 Å². The van der Waals surface area contributed by atoms with Crippen molar-refractivity contribution in [2.24, 2.45) is 5.84 Å². The fourth-order valence-electron chi connectivity index (χ4n) is 2.73. The van der Waals surface area contributed by atoms with Gasteiger partial charge in [0.05, 0.1) is 12.1 Å². The minimum atomic E-state index is -0.0158. The minimum absolute atomic E-state index is 0.0158. The van der Waals surface area contributed by atoms with Crippen molar-refractivity contribution >= 4 is 11.6 Å². The first-order valence-corrected chi connectivity index (χ1v) is 8.07. The van der Waals surface area contributed by atoms with Crippen molar-refractivity contribution < 1.29 is 9.47 Å². The molecule has 0 radical (unpaired) electrons. The molecule has 5 heteroatoms. The Balaban J connectivity index is 1.76. The van der Waals surface area contributed by atoms with Crippen molar-refractivity contribution in [3.63, 3.8) is 0 Å². The van der Waals surface area contributed by atoms with Crippen LogP contribution in [0.5, 0.6) is 5.75 Å². The Bertz CT molecular complexity index is 424. The van der Waals surface area contributed by atoms with E-state index in [1.807, 2.05) is 31.2 Å². The molecule has 118 valence electrons. The van der Waals surface area contributed by atoms with E-state index in [0.29, 0.717) is 11.1 Å². The van der Waals surface area contributed by atoms with Crippen molar-refractivity contribution in [1.29, 1.82) is 0 Å². The van der Waals surface area contributed by atoms with Gasteiger partial charge >= 0.3 is 0 Å². The second kappa shape index (κ2) is 8.59. The number of hydrogen-bond donors (Lipinski definition) is 2. The van der Waals surface area contributed by atoms with Gasteiger partial charge in [0.25, 0.3) is 0 Å². The van der Waals surface area contributed by atoms with Crippen LogP contribution in [0.1, 0.15) is 39.0 Å². The van der Waals surface area contributed by atoms with Gasteiger partial charge in [0, 0.05) is 11.6 Å². The first-order valence-electron chi connectivity index (χ1n) is 7.69. The minimum Gasteiger partial charge on any atom is -0.489 e. The van der Waals surface area contributed by atoms with Crippen molar-refractivity contribution in [3.8, 4) is 5.75 Å². The molecule has 3 N–H and O–H groups in total. The molecule has 0 bridgehead atoms. The average Bonchev–Trinajstić information content (AvgIpc) is 2.96. The summed E-state index contributed by atoms with van der Waals surface area (Å²) in [6.07, 6.45) is 5.96. The van der Waals surface area contributed by atoms with Crippen LogP contribution in [0.25, 0.3) is 0 Å². The lowest BCUT2D eigenvalue weighted by molar-refractivity contribution is 0.0979. The van der Waals surface area contributed by atoms with Crippen molar-refractivity contribution in [3.05, 3.63) is 29.3 Å². The van der Waals surface area contributed by atoms with Crippen LogP contribution in [-0.2, 0) is 4.74 Å². The molecule has 1 aromatic rings. The zero-order valence-electron chi connectivity index (χ0n) is 12.6. The second-order valence-corrected chi connectivity index (χ2v) is 6.06. The normalized spacial score (nSPS) is 21.2. The molecule has 1 aliphatic heterocycles. The topological polar surface area (TPSA) is 56.5 Å². The molecule has 0 spiro atoms. The highest BCUT2D eigenvalue weighted by Crippen LogP contribution is 2.21. The zero-order chi connectivity index (χ0) is 15.1. The van der Waals surface area contributed by atoms with E-state index in [0.717, 1.165) is 31.6 Å². The number of nitrogens with one attached hydrogen (secondary N) is 1. The van der Waals surface area contributed by atoms with Gasteiger partial charge in [0.2, 0.25) is 0 Å². The zero-order valence-corrected chi connectivity index (χ0v) is 13.3. The maximum absolute atomic E-state index is 5.96. The molecule has 1 aliphatic rings. The third-order valence-electron chi connectivity index (χ3n) is 3.96. The standard InChI is InChI=1S/C16H25ClN2O2/c1-12(21-15-7-2-5-13(17)11-15)16(19-18)9-3-6-14-8-4-10-20-14/h2,5,7,11-12,14,16,19H,3-4,6,8-10,18H2,1H3. The number of rotatable bonds is 8. The van der Waals surface area contributed by atoms with Crippen molar-refractivity contribution in [1.82, 2.24) is 5.43 Å². The Kier molecular flexibility index (Phi) is 6.77. The predicted molar refractivity (Wildman–Crippen MR) is 85.5 cm³/mol. The summed E-state index contributed by atoms with van der Waals surface area (Å²) < 4.78 is 11.6. The lowest BCUT2D eigenvalue weighted by Crippen LogP contribution is -2.45. The number of halogens is 1. The van der Waals surface area contributed by atoms with Gasteiger partial charge < -0.3 is 9.47 Å². The Hall–Kier alpha value is -0.810. The van der Waals surface area contributed by atoms with E-state index in [9.17, 15) is 0 Å². The van der Waals surface area contributed by atoms with Crippen LogP contribution in [0.2, 0.25) is 5.02 Å². The predicted octanol–water partition coefficient (Wildman–Crippen LogP) is 3.29. The summed E-state index contributed by atoms with van der Waals surface area (Å²) >= 11 is 5.96. The fraction of sp³-hybridized carbons (Fsp3) is 0.625. The van der Waals surface area contributed by atoms with Crippen LogP contribution in [0.3, 0.4) is 0 Å². The molecule has 0 saturated carbocycles. The molecule has 2 rings (SSSR count). The summed E-state index contributed by atoms with van der Waals surface area (Å²) in [6, 6.07) is 7.55. The quantitative estimate of drug-likeness (QED) is 0.571. The van der Waals surface area contributed by atoms with Crippen LogP contribution < -0.4 is 16.0 Å². The van der Waals surface area contributed by atoms with Gasteiger partial charge in [-0.2, -0.15) is 0 Å². The van der Waals surface area contributed by atoms with E-state index in [1.165, 1.54) is 12.8 Å². The Morgan fingerprint density at radius 2 is 2.38 bits per heavy atom. The third-order valence-corrected chi connectivity index (χ3v) is 4.20. The summed E-state index contributed by atoms with van der Waals surface area (Å²) in [4.78, 5) is 0. The van der Waals surface area contributed by atoms with E-state index in [1.54, 1.807) is 0 Å². The molecule has 0 aliphatic carbocycles. The summed E-state index contributed by atoms with van der Waals surface area (Å²) in [7, 11) is 0. The third kappa shape index (κ3) is 5.47. The second-order valence-electron chi connectivity index (χ2n) is 5.62. The van der Waals surface area contributed by atoms with E-state index in [-0.39, 0.29) is 12.1 Å². The number of hydrogen-bond acceptors (Lipinski definition) is 4. The van der Waals surface area contributed by atoms with Gasteiger partial charge in [-0.3, -0.25) is 11.3 Å². The highest BCUT2D eigenvalue weighted by molar-refractivity contribution is 6.30. The van der Waals surface area contributed by atoms with Gasteiger partial charge in [-0.05, 0) is 57.2 Å². The van der Waals surface area contributed by atoms with Crippen molar-refractivity contribution in [2.75, 3.05) is 6.61 Å². The monoisotopic (exact) mass is 312 g/mol. The largest absolute Gasteiger partial charge is 0.489 e. The summed E-state index contributed by atoms with van der Waals surface area (Å²) in [6.45, 7) is 2.94. The molecule has 1 saturated heterocycles. The number of hydrazine groups is 1. The lowest BCUT2D eigenvalue weighted by Gasteiger charge is -2.24. The van der Waals surface area contributed by atoms with E-state index in [4.69, 9.17) is 26.9 Å². The number of ether oxygens (including phenoxy) is 2. The fourth-order valence-corrected chi connectivity index (χ4v) is 2.91. The summed E-state index contributed by atoms with van der Waals surface area (Å²) in [5.74, 6) is 6.44. The van der Waals surface area contributed by atoms with Crippen LogP contribution >= 0.6 is 11.6 Å². The number of benzene rings is 1.